The molecule has 0 aliphatic heterocycles. The van der Waals surface area contributed by atoms with E-state index < -0.39 is 34.2 Å². The molecule has 1 unspecified atom stereocenters. The highest BCUT2D eigenvalue weighted by Crippen LogP contribution is 2.41. The van der Waals surface area contributed by atoms with Crippen LogP contribution < -0.4 is 10.0 Å². The Morgan fingerprint density at radius 2 is 2.03 bits per heavy atom. The lowest BCUT2D eigenvalue weighted by Crippen LogP contribution is -2.42. The number of halogens is 2. The number of imidazole rings is 1. The molecule has 2 heterocycles. The van der Waals surface area contributed by atoms with Gasteiger partial charge in [-0.3, -0.25) is 0 Å². The number of carboxylic acid groups (broad SMARTS) is 1. The third-order valence-corrected chi connectivity index (χ3v) is 8.03. The molecule has 2 saturated carbocycles. The highest BCUT2D eigenvalue weighted by Gasteiger charge is 2.39. The Labute approximate surface area is 206 Å². The largest absolute Gasteiger partial charge is 0.598 e. The zero-order valence-corrected chi connectivity index (χ0v) is 21.0. The molecule has 2 aliphatic rings. The van der Waals surface area contributed by atoms with E-state index >= 15 is 0 Å². The van der Waals surface area contributed by atoms with Gasteiger partial charge in [0.25, 0.3) is 0 Å². The Bertz CT molecular complexity index is 1030. The molecule has 2 aromatic rings. The minimum atomic E-state index is -2.71. The first kappa shape index (κ1) is 26.1. The predicted molar refractivity (Wildman–Crippen MR) is 127 cm³/mol. The zero-order chi connectivity index (χ0) is 25.4. The summed E-state index contributed by atoms with van der Waals surface area (Å²) in [6, 6.07) is 0.716. The molecule has 2 fully saturated rings. The summed E-state index contributed by atoms with van der Waals surface area (Å²) < 4.78 is 50.2. The summed E-state index contributed by atoms with van der Waals surface area (Å²) in [4.78, 5) is 16.1. The van der Waals surface area contributed by atoms with E-state index in [-0.39, 0.29) is 43.7 Å². The molecule has 194 valence electrons. The van der Waals surface area contributed by atoms with Crippen LogP contribution in [0.3, 0.4) is 0 Å². The second-order valence-electron chi connectivity index (χ2n) is 10.5. The lowest BCUT2D eigenvalue weighted by Gasteiger charge is -2.32. The molecule has 0 bridgehead atoms. The summed E-state index contributed by atoms with van der Waals surface area (Å²) in [5, 5.41) is 16.3. The summed E-state index contributed by atoms with van der Waals surface area (Å²) in [7, 11) is 0. The topological polar surface area (TPSA) is 124 Å². The number of alkyl halides is 2. The van der Waals surface area contributed by atoms with Gasteiger partial charge in [-0.1, -0.05) is 0 Å². The maximum absolute atomic E-state index is 13.7. The predicted octanol–water partition coefficient (Wildman–Crippen LogP) is 4.14. The van der Waals surface area contributed by atoms with Crippen LogP contribution in [-0.4, -0.2) is 53.7 Å². The smallest absolute Gasteiger partial charge is 0.405 e. The van der Waals surface area contributed by atoms with Crippen LogP contribution in [0.15, 0.2) is 18.5 Å². The number of aromatic nitrogens is 3. The third kappa shape index (κ3) is 6.81. The summed E-state index contributed by atoms with van der Waals surface area (Å²) in [5.41, 5.74) is 1.66. The van der Waals surface area contributed by atoms with Crippen LogP contribution in [-0.2, 0) is 16.1 Å². The molecule has 2 aromatic heterocycles. The number of carbonyl (C=O) groups is 1. The standard InChI is InChI=1S/C23H33F2N5O4S/c1-22(2,3)35(33)29-18(13-34-16-4-5-16)15-10-19-27-17(12-30(19)26-11-15)20(28-21(31)32)14-6-8-23(24,25)9-7-14/h10-12,14,16,18,20,28-29H,4-9,13H2,1-3H3,(H,31,32)/t18-,20+,35?/m1/s1. The van der Waals surface area contributed by atoms with Gasteiger partial charge < -0.3 is 19.7 Å². The monoisotopic (exact) mass is 513 g/mol. The van der Waals surface area contributed by atoms with Crippen molar-refractivity contribution in [3.63, 3.8) is 0 Å². The van der Waals surface area contributed by atoms with Crippen molar-refractivity contribution in [1.29, 1.82) is 0 Å². The van der Waals surface area contributed by atoms with Gasteiger partial charge in [-0.2, -0.15) is 5.10 Å². The lowest BCUT2D eigenvalue weighted by molar-refractivity contribution is -0.0495. The van der Waals surface area contributed by atoms with E-state index in [9.17, 15) is 23.2 Å². The Morgan fingerprint density at radius 1 is 1.34 bits per heavy atom. The fourth-order valence-electron chi connectivity index (χ4n) is 4.18. The molecule has 0 aromatic carbocycles. The number of nitrogens with one attached hydrogen (secondary N) is 2. The Hall–Kier alpha value is -2.02. The molecule has 35 heavy (non-hydrogen) atoms. The zero-order valence-electron chi connectivity index (χ0n) is 20.2. The molecule has 1 amide bonds. The Balaban J connectivity index is 1.58. The fraction of sp³-hybridized carbons (Fsp3) is 0.696. The molecule has 0 saturated heterocycles. The number of hydrogen-bond donors (Lipinski definition) is 3. The molecular weight excluding hydrogens is 480 g/mol. The van der Waals surface area contributed by atoms with Gasteiger partial charge in [0, 0.05) is 24.2 Å². The second-order valence-corrected chi connectivity index (χ2v) is 12.5. The number of hydrogen-bond acceptors (Lipinski definition) is 6. The van der Waals surface area contributed by atoms with Gasteiger partial charge in [0.1, 0.15) is 10.8 Å². The number of fused-ring (bicyclic) bond motifs is 1. The van der Waals surface area contributed by atoms with Gasteiger partial charge in [0.15, 0.2) is 5.65 Å². The molecule has 0 radical (unpaired) electrons. The van der Waals surface area contributed by atoms with Gasteiger partial charge in [-0.05, 0) is 64.0 Å². The van der Waals surface area contributed by atoms with Crippen molar-refractivity contribution < 1.29 is 28.0 Å². The van der Waals surface area contributed by atoms with Crippen molar-refractivity contribution in [2.24, 2.45) is 5.92 Å². The summed E-state index contributed by atoms with van der Waals surface area (Å²) >= 11 is -1.34. The van der Waals surface area contributed by atoms with E-state index in [2.05, 4.69) is 20.1 Å². The Kier molecular flexibility index (Phi) is 7.56. The molecule has 3 atom stereocenters. The van der Waals surface area contributed by atoms with Crippen LogP contribution in [0.5, 0.6) is 0 Å². The van der Waals surface area contributed by atoms with Crippen LogP contribution >= 0.6 is 0 Å². The van der Waals surface area contributed by atoms with Gasteiger partial charge in [-0.25, -0.2) is 23.1 Å². The first-order valence-electron chi connectivity index (χ1n) is 11.9. The SMILES string of the molecule is CC(C)(C)[S+]([O-])N[C@H](COC1CC1)c1cnn2cc([C@@H](NC(=O)O)C3CCC(F)(F)CC3)nc2c1. The van der Waals surface area contributed by atoms with E-state index in [1.54, 1.807) is 18.5 Å². The first-order valence-corrected chi connectivity index (χ1v) is 13.1. The number of amides is 1. The van der Waals surface area contributed by atoms with Crippen LogP contribution in [0, 0.1) is 5.92 Å². The van der Waals surface area contributed by atoms with Gasteiger partial charge >= 0.3 is 6.09 Å². The first-order chi connectivity index (χ1) is 16.4. The van der Waals surface area contributed by atoms with E-state index in [1.165, 1.54) is 4.52 Å². The number of ether oxygens (including phenoxy) is 1. The molecule has 9 nitrogen and oxygen atoms in total. The maximum atomic E-state index is 13.7. The highest BCUT2D eigenvalue weighted by molar-refractivity contribution is 7.90. The second kappa shape index (κ2) is 10.2. The van der Waals surface area contributed by atoms with Crippen molar-refractivity contribution in [3.05, 3.63) is 29.7 Å². The molecule has 0 spiro atoms. The van der Waals surface area contributed by atoms with Crippen molar-refractivity contribution in [2.45, 2.75) is 88.2 Å². The minimum absolute atomic E-state index is 0.202. The van der Waals surface area contributed by atoms with E-state index in [4.69, 9.17) is 4.74 Å². The molecule has 3 N–H and O–H groups in total. The van der Waals surface area contributed by atoms with Gasteiger partial charge in [0.05, 0.1) is 36.8 Å². The fourth-order valence-corrected chi connectivity index (χ4v) is 5.00. The van der Waals surface area contributed by atoms with Crippen LogP contribution in [0.2, 0.25) is 0 Å². The van der Waals surface area contributed by atoms with Crippen molar-refractivity contribution in [1.82, 2.24) is 24.6 Å². The Morgan fingerprint density at radius 3 is 2.63 bits per heavy atom. The lowest BCUT2D eigenvalue weighted by atomic mass is 9.81. The molecule has 4 rings (SSSR count). The maximum Gasteiger partial charge on any atom is 0.405 e. The van der Waals surface area contributed by atoms with Crippen molar-refractivity contribution in [3.8, 4) is 0 Å². The third-order valence-electron chi connectivity index (χ3n) is 6.42. The quantitative estimate of drug-likeness (QED) is 0.431. The van der Waals surface area contributed by atoms with Crippen LogP contribution in [0.25, 0.3) is 5.65 Å². The molecular formula is C23H33F2N5O4S. The number of rotatable bonds is 9. The molecule has 2 aliphatic carbocycles. The average Bonchev–Trinajstić information content (AvgIpc) is 3.50. The molecule has 12 heteroatoms. The average molecular weight is 514 g/mol. The van der Waals surface area contributed by atoms with E-state index in [1.807, 2.05) is 20.8 Å². The normalized spacial score (nSPS) is 21.5. The van der Waals surface area contributed by atoms with Crippen molar-refractivity contribution in [2.75, 3.05) is 6.61 Å². The summed E-state index contributed by atoms with van der Waals surface area (Å²) in [6.45, 7) is 5.98. The minimum Gasteiger partial charge on any atom is -0.598 e. The van der Waals surface area contributed by atoms with Crippen LogP contribution in [0.4, 0.5) is 13.6 Å². The summed E-state index contributed by atoms with van der Waals surface area (Å²) in [6.07, 6.45) is 4.15. The summed E-state index contributed by atoms with van der Waals surface area (Å²) in [5.74, 6) is -3.00. The highest BCUT2D eigenvalue weighted by atomic mass is 32.2. The van der Waals surface area contributed by atoms with Crippen molar-refractivity contribution >= 4 is 23.1 Å². The van der Waals surface area contributed by atoms with Crippen LogP contribution in [0.1, 0.15) is 82.6 Å². The van der Waals surface area contributed by atoms with Gasteiger partial charge in [0.2, 0.25) is 5.92 Å². The van der Waals surface area contributed by atoms with Gasteiger partial charge in [-0.15, -0.1) is 4.72 Å². The van der Waals surface area contributed by atoms with E-state index in [0.717, 1.165) is 18.4 Å². The van der Waals surface area contributed by atoms with E-state index in [0.29, 0.717) is 17.9 Å². The number of nitrogens with zero attached hydrogens (tertiary/aromatic N) is 3.